The van der Waals surface area contributed by atoms with Gasteiger partial charge in [0.25, 0.3) is 0 Å². The smallest absolute Gasteiger partial charge is 0.227 e. The van der Waals surface area contributed by atoms with Gasteiger partial charge in [0.2, 0.25) is 5.89 Å². The number of hydrogen-bond acceptors (Lipinski definition) is 6. The summed E-state index contributed by atoms with van der Waals surface area (Å²) in [6.45, 7) is 0. The van der Waals surface area contributed by atoms with Gasteiger partial charge in [-0.05, 0) is 80.9 Å². The van der Waals surface area contributed by atoms with Crippen LogP contribution in [0.1, 0.15) is 0 Å². The second kappa shape index (κ2) is 13.7. The molecule has 6 nitrogen and oxygen atoms in total. The highest BCUT2D eigenvalue weighted by atomic mass is 16.3. The molecule has 0 bridgehead atoms. The minimum atomic E-state index is 0.548. The number of benzene rings is 9. The molecule has 0 aliphatic carbocycles. The van der Waals surface area contributed by atoms with Crippen LogP contribution >= 0.6 is 0 Å². The van der Waals surface area contributed by atoms with E-state index in [4.69, 9.17) is 28.8 Å². The molecular weight excluding hydrogens is 737 g/mol. The Hall–Kier alpha value is -8.22. The van der Waals surface area contributed by atoms with E-state index in [0.29, 0.717) is 23.4 Å². The fraction of sp³-hybridized carbons (Fsp3) is 0. The van der Waals surface area contributed by atoms with Crippen molar-refractivity contribution in [2.75, 3.05) is 0 Å². The molecule has 12 aromatic rings. The van der Waals surface area contributed by atoms with Crippen molar-refractivity contribution in [1.29, 1.82) is 0 Å². The third kappa shape index (κ3) is 5.73. The Kier molecular flexibility index (Phi) is 7.74. The van der Waals surface area contributed by atoms with E-state index in [2.05, 4.69) is 121 Å². The first-order chi connectivity index (χ1) is 29.7. The van der Waals surface area contributed by atoms with Crippen molar-refractivity contribution in [3.8, 4) is 67.9 Å². The molecule has 0 saturated carbocycles. The van der Waals surface area contributed by atoms with Crippen molar-refractivity contribution in [2.24, 2.45) is 0 Å². The summed E-state index contributed by atoms with van der Waals surface area (Å²) < 4.78 is 13.0. The number of fused-ring (bicyclic) bond motifs is 7. The lowest BCUT2D eigenvalue weighted by atomic mass is 9.95. The molecule has 0 atom stereocenters. The van der Waals surface area contributed by atoms with Crippen LogP contribution in [0.15, 0.2) is 203 Å². The Labute approximate surface area is 344 Å². The van der Waals surface area contributed by atoms with Gasteiger partial charge in [-0.3, -0.25) is 0 Å². The van der Waals surface area contributed by atoms with Crippen molar-refractivity contribution in [3.63, 3.8) is 0 Å². The normalized spacial score (nSPS) is 11.7. The number of furan rings is 1. The van der Waals surface area contributed by atoms with Gasteiger partial charge in [-0.15, -0.1) is 0 Å². The van der Waals surface area contributed by atoms with Crippen LogP contribution < -0.4 is 0 Å². The van der Waals surface area contributed by atoms with Gasteiger partial charge in [-0.2, -0.15) is 0 Å². The van der Waals surface area contributed by atoms with Crippen molar-refractivity contribution in [2.45, 2.75) is 0 Å². The summed E-state index contributed by atoms with van der Waals surface area (Å²) in [5.74, 6) is 2.33. The van der Waals surface area contributed by atoms with Crippen molar-refractivity contribution >= 4 is 54.6 Å². The molecule has 0 radical (unpaired) electrons. The third-order valence-electron chi connectivity index (χ3n) is 11.4. The van der Waals surface area contributed by atoms with Crippen LogP contribution in [-0.4, -0.2) is 19.9 Å². The first kappa shape index (κ1) is 33.9. The average Bonchev–Trinajstić information content (AvgIpc) is 3.94. The summed E-state index contributed by atoms with van der Waals surface area (Å²) in [6, 6.07) is 66.6. The van der Waals surface area contributed by atoms with E-state index in [1.807, 2.05) is 72.8 Å². The zero-order chi connectivity index (χ0) is 39.6. The van der Waals surface area contributed by atoms with Crippen LogP contribution in [0.5, 0.6) is 0 Å². The fourth-order valence-corrected chi connectivity index (χ4v) is 8.37. The number of aromatic nitrogens is 4. The van der Waals surface area contributed by atoms with E-state index >= 15 is 0 Å². The van der Waals surface area contributed by atoms with Crippen LogP contribution in [0.2, 0.25) is 0 Å². The first-order valence-corrected chi connectivity index (χ1v) is 20.0. The molecule has 0 aliphatic rings. The lowest BCUT2D eigenvalue weighted by Gasteiger charge is -2.11. The van der Waals surface area contributed by atoms with Gasteiger partial charge < -0.3 is 8.83 Å². The molecule has 0 saturated heterocycles. The minimum Gasteiger partial charge on any atom is -0.455 e. The molecule has 0 amide bonds. The summed E-state index contributed by atoms with van der Waals surface area (Å²) in [7, 11) is 0. The maximum atomic E-state index is 6.49. The van der Waals surface area contributed by atoms with Gasteiger partial charge >= 0.3 is 0 Å². The Bertz CT molecular complexity index is 3590. The van der Waals surface area contributed by atoms with Gasteiger partial charge in [0.15, 0.2) is 23.1 Å². The first-order valence-electron chi connectivity index (χ1n) is 20.0. The quantitative estimate of drug-likeness (QED) is 0.168. The molecule has 0 fully saturated rings. The molecule has 3 heterocycles. The van der Waals surface area contributed by atoms with Gasteiger partial charge in [0.05, 0.1) is 5.56 Å². The lowest BCUT2D eigenvalue weighted by Crippen LogP contribution is -2.00. The van der Waals surface area contributed by atoms with Gasteiger partial charge in [-0.25, -0.2) is 19.9 Å². The number of oxazole rings is 1. The zero-order valence-corrected chi connectivity index (χ0v) is 32.1. The number of nitrogens with zero attached hydrogens (tertiary/aromatic N) is 4. The van der Waals surface area contributed by atoms with Crippen molar-refractivity contribution in [1.82, 2.24) is 19.9 Å². The molecule has 0 unspecified atom stereocenters. The lowest BCUT2D eigenvalue weighted by molar-refractivity contribution is 0.623. The van der Waals surface area contributed by atoms with E-state index in [0.717, 1.165) is 99.1 Å². The van der Waals surface area contributed by atoms with Gasteiger partial charge in [-0.1, -0.05) is 152 Å². The summed E-state index contributed by atoms with van der Waals surface area (Å²) >= 11 is 0. The van der Waals surface area contributed by atoms with Crippen LogP contribution in [0, 0.1) is 0 Å². The monoisotopic (exact) mass is 768 g/mol. The highest BCUT2D eigenvalue weighted by molar-refractivity contribution is 6.12. The molecule has 0 aliphatic heterocycles. The molecule has 3 aromatic heterocycles. The molecule has 0 N–H and O–H groups in total. The summed E-state index contributed by atoms with van der Waals surface area (Å²) in [5.41, 5.74) is 11.2. The molecule has 280 valence electrons. The minimum absolute atomic E-state index is 0.548. The van der Waals surface area contributed by atoms with Crippen LogP contribution in [-0.2, 0) is 0 Å². The highest BCUT2D eigenvalue weighted by Gasteiger charge is 2.19. The van der Waals surface area contributed by atoms with Crippen molar-refractivity contribution < 1.29 is 8.83 Å². The zero-order valence-electron chi connectivity index (χ0n) is 32.1. The SMILES string of the molecule is c1ccc(-c2ccc(-c3nc(-c4ccc5cc(-c6cccc7ccc8nc(-c9ccccc9)oc8c67)ccc5c4)nc(-c4cccc5c4oc4ccccc45)n3)cc2)cc1. The summed E-state index contributed by atoms with van der Waals surface area (Å²) in [5, 5.41) is 6.39. The maximum Gasteiger partial charge on any atom is 0.227 e. The Balaban J connectivity index is 0.975. The second-order valence-electron chi connectivity index (χ2n) is 15.0. The third-order valence-corrected chi connectivity index (χ3v) is 11.4. The molecule has 9 aromatic carbocycles. The number of hydrogen-bond donors (Lipinski definition) is 0. The largest absolute Gasteiger partial charge is 0.455 e. The van der Waals surface area contributed by atoms with Crippen molar-refractivity contribution in [3.05, 3.63) is 194 Å². The Morgan fingerprint density at radius 3 is 1.72 bits per heavy atom. The van der Waals surface area contributed by atoms with Gasteiger partial charge in [0.1, 0.15) is 16.7 Å². The second-order valence-corrected chi connectivity index (χ2v) is 15.0. The average molecular weight is 769 g/mol. The van der Waals surface area contributed by atoms with Crippen LogP contribution in [0.3, 0.4) is 0 Å². The Morgan fingerprint density at radius 2 is 0.900 bits per heavy atom. The number of rotatable bonds is 6. The van der Waals surface area contributed by atoms with E-state index in [9.17, 15) is 0 Å². The van der Waals surface area contributed by atoms with E-state index in [-0.39, 0.29) is 0 Å². The molecule has 0 spiro atoms. The van der Waals surface area contributed by atoms with E-state index < -0.39 is 0 Å². The highest BCUT2D eigenvalue weighted by Crippen LogP contribution is 2.39. The van der Waals surface area contributed by atoms with Crippen LogP contribution in [0.4, 0.5) is 0 Å². The number of para-hydroxylation sites is 2. The summed E-state index contributed by atoms with van der Waals surface area (Å²) in [4.78, 5) is 20.2. The standard InChI is InChI=1S/C54H32N4O2/c1-3-11-33(12-4-1)34-21-23-36(24-22-34)51-56-52(58-53(57-51)45-19-10-18-44-43-16-7-8-20-47(43)59-49(44)45)41-28-26-38-31-40(27-25-39(38)32-41)42-17-9-15-35-29-30-46-50(48(35)42)60-54(55-46)37-13-5-2-6-14-37/h1-32H. The topological polar surface area (TPSA) is 77.8 Å². The summed E-state index contributed by atoms with van der Waals surface area (Å²) in [6.07, 6.45) is 0. The molecule has 6 heteroatoms. The fourth-order valence-electron chi connectivity index (χ4n) is 8.37. The van der Waals surface area contributed by atoms with E-state index in [1.54, 1.807) is 0 Å². The maximum absolute atomic E-state index is 6.49. The predicted molar refractivity (Wildman–Crippen MR) is 242 cm³/mol. The molecular formula is C54H32N4O2. The predicted octanol–water partition coefficient (Wildman–Crippen LogP) is 14.2. The molecule has 60 heavy (non-hydrogen) atoms. The van der Waals surface area contributed by atoms with Crippen LogP contribution in [0.25, 0.3) is 122 Å². The Morgan fingerprint density at radius 1 is 0.317 bits per heavy atom. The van der Waals surface area contributed by atoms with Gasteiger partial charge in [0, 0.05) is 32.8 Å². The molecule has 12 rings (SSSR count). The van der Waals surface area contributed by atoms with E-state index in [1.165, 1.54) is 0 Å².